The Labute approximate surface area is 126 Å². The average molecular weight is 304 g/mol. The summed E-state index contributed by atoms with van der Waals surface area (Å²) < 4.78 is 21.6. The Hall–Kier alpha value is -0.240. The van der Waals surface area contributed by atoms with Crippen molar-refractivity contribution in [3.63, 3.8) is 0 Å². The molecule has 2 N–H and O–H groups in total. The molecule has 0 aromatic rings. The van der Waals surface area contributed by atoms with Crippen LogP contribution in [0, 0.1) is 10.8 Å². The van der Waals surface area contributed by atoms with E-state index in [1.165, 1.54) is 19.3 Å². The van der Waals surface area contributed by atoms with Gasteiger partial charge in [-0.25, -0.2) is 0 Å². The molecule has 3 fully saturated rings. The Balaban J connectivity index is 1.41. The van der Waals surface area contributed by atoms with Crippen LogP contribution >= 0.6 is 0 Å². The Bertz CT molecular complexity index is 250. The standard InChI is InChI=1S/C15H28O6/c16-1-3-18-5-7-20-12-14-9-15(10-14,11-14)13-21-8-6-19-4-2-17/h16-17H,1-13H2. The molecule has 3 aliphatic carbocycles. The Morgan fingerprint density at radius 3 is 1.33 bits per heavy atom. The second kappa shape index (κ2) is 8.41. The summed E-state index contributed by atoms with van der Waals surface area (Å²) in [7, 11) is 0. The minimum Gasteiger partial charge on any atom is -0.394 e. The lowest BCUT2D eigenvalue weighted by atomic mass is 9.35. The number of hydrogen-bond donors (Lipinski definition) is 2. The van der Waals surface area contributed by atoms with Crippen molar-refractivity contribution in [2.24, 2.45) is 10.8 Å². The van der Waals surface area contributed by atoms with Gasteiger partial charge in [0.2, 0.25) is 0 Å². The van der Waals surface area contributed by atoms with E-state index >= 15 is 0 Å². The van der Waals surface area contributed by atoms with Gasteiger partial charge >= 0.3 is 0 Å². The lowest BCUT2D eigenvalue weighted by Crippen LogP contribution is -2.65. The van der Waals surface area contributed by atoms with Gasteiger partial charge in [-0.15, -0.1) is 0 Å². The molecule has 0 aromatic heterocycles. The van der Waals surface area contributed by atoms with Crippen LogP contribution < -0.4 is 0 Å². The van der Waals surface area contributed by atoms with Crippen LogP contribution in [0.15, 0.2) is 0 Å². The van der Waals surface area contributed by atoms with Crippen molar-refractivity contribution in [2.45, 2.75) is 19.3 Å². The predicted octanol–water partition coefficient (Wildman–Crippen LogP) is 0.208. The van der Waals surface area contributed by atoms with Gasteiger partial charge in [0.05, 0.1) is 66.1 Å². The normalized spacial score (nSPS) is 30.0. The molecule has 0 atom stereocenters. The van der Waals surface area contributed by atoms with Crippen molar-refractivity contribution in [2.75, 3.05) is 66.1 Å². The zero-order valence-electron chi connectivity index (χ0n) is 12.7. The van der Waals surface area contributed by atoms with E-state index in [-0.39, 0.29) is 13.2 Å². The van der Waals surface area contributed by atoms with Crippen LogP contribution in [0.4, 0.5) is 0 Å². The summed E-state index contributed by atoms with van der Waals surface area (Å²) in [6.45, 7) is 4.86. The molecule has 0 aromatic carbocycles. The van der Waals surface area contributed by atoms with E-state index in [0.717, 1.165) is 13.2 Å². The fraction of sp³-hybridized carbons (Fsp3) is 1.00. The minimum atomic E-state index is 0.0670. The predicted molar refractivity (Wildman–Crippen MR) is 76.2 cm³/mol. The van der Waals surface area contributed by atoms with Gasteiger partial charge in [-0.05, 0) is 30.1 Å². The molecular weight excluding hydrogens is 276 g/mol. The number of aliphatic hydroxyl groups excluding tert-OH is 2. The van der Waals surface area contributed by atoms with Crippen molar-refractivity contribution in [3.05, 3.63) is 0 Å². The summed E-state index contributed by atoms with van der Waals surface area (Å²) in [6, 6.07) is 0. The smallest absolute Gasteiger partial charge is 0.0701 e. The van der Waals surface area contributed by atoms with E-state index in [1.54, 1.807) is 0 Å². The molecule has 3 rings (SSSR count). The van der Waals surface area contributed by atoms with Crippen LogP contribution in [0.5, 0.6) is 0 Å². The first-order chi connectivity index (χ1) is 10.2. The third kappa shape index (κ3) is 4.87. The number of rotatable bonds is 14. The maximum atomic E-state index is 8.57. The third-order valence-corrected chi connectivity index (χ3v) is 4.28. The summed E-state index contributed by atoms with van der Waals surface area (Å²) >= 11 is 0. The van der Waals surface area contributed by atoms with Crippen LogP contribution in [-0.2, 0) is 18.9 Å². The van der Waals surface area contributed by atoms with Gasteiger partial charge in [0.1, 0.15) is 0 Å². The lowest BCUT2D eigenvalue weighted by Gasteiger charge is -2.70. The zero-order chi connectivity index (χ0) is 15.0. The van der Waals surface area contributed by atoms with Crippen LogP contribution in [-0.4, -0.2) is 76.3 Å². The van der Waals surface area contributed by atoms with E-state index in [4.69, 9.17) is 29.2 Å². The summed E-state index contributed by atoms with van der Waals surface area (Å²) in [5.74, 6) is 0. The van der Waals surface area contributed by atoms with Crippen molar-refractivity contribution >= 4 is 0 Å². The summed E-state index contributed by atoms with van der Waals surface area (Å²) in [5.41, 5.74) is 0.793. The maximum absolute atomic E-state index is 8.57. The molecule has 6 heteroatoms. The molecule has 0 radical (unpaired) electrons. The van der Waals surface area contributed by atoms with Crippen molar-refractivity contribution < 1.29 is 29.2 Å². The molecule has 0 aliphatic heterocycles. The maximum Gasteiger partial charge on any atom is 0.0701 e. The van der Waals surface area contributed by atoms with Crippen molar-refractivity contribution in [3.8, 4) is 0 Å². The number of ether oxygens (including phenoxy) is 4. The van der Waals surface area contributed by atoms with Gasteiger partial charge < -0.3 is 29.2 Å². The summed E-state index contributed by atoms with van der Waals surface area (Å²) in [4.78, 5) is 0. The molecule has 21 heavy (non-hydrogen) atoms. The molecule has 124 valence electrons. The van der Waals surface area contributed by atoms with E-state index in [2.05, 4.69) is 0 Å². The SMILES string of the molecule is OCCOCCOCC12CC(COCCOCCO)(C1)C2. The fourth-order valence-corrected chi connectivity index (χ4v) is 3.68. The molecule has 0 spiro atoms. The van der Waals surface area contributed by atoms with Gasteiger partial charge in [-0.3, -0.25) is 0 Å². The molecule has 3 aliphatic rings. The molecule has 2 bridgehead atoms. The summed E-state index contributed by atoms with van der Waals surface area (Å²) in [5, 5.41) is 17.1. The highest BCUT2D eigenvalue weighted by atomic mass is 16.5. The molecule has 0 amide bonds. The lowest BCUT2D eigenvalue weighted by molar-refractivity contribution is -0.254. The molecule has 0 unspecified atom stereocenters. The molecule has 0 saturated heterocycles. The molecule has 3 saturated carbocycles. The Morgan fingerprint density at radius 1 is 0.571 bits per heavy atom. The van der Waals surface area contributed by atoms with Gasteiger partial charge in [0.15, 0.2) is 0 Å². The van der Waals surface area contributed by atoms with E-state index in [9.17, 15) is 0 Å². The minimum absolute atomic E-state index is 0.0670. The largest absolute Gasteiger partial charge is 0.394 e. The van der Waals surface area contributed by atoms with E-state index in [1.807, 2.05) is 0 Å². The molecule has 0 heterocycles. The van der Waals surface area contributed by atoms with Crippen LogP contribution in [0.2, 0.25) is 0 Å². The Kier molecular flexibility index (Phi) is 6.85. The molecular formula is C15H28O6. The van der Waals surface area contributed by atoms with Gasteiger partial charge in [-0.2, -0.15) is 0 Å². The van der Waals surface area contributed by atoms with Crippen molar-refractivity contribution in [1.29, 1.82) is 0 Å². The van der Waals surface area contributed by atoms with E-state index < -0.39 is 0 Å². The number of hydrogen-bond acceptors (Lipinski definition) is 6. The highest BCUT2D eigenvalue weighted by Crippen LogP contribution is 2.73. The highest BCUT2D eigenvalue weighted by Gasteiger charge is 2.67. The van der Waals surface area contributed by atoms with Crippen LogP contribution in [0.1, 0.15) is 19.3 Å². The fourth-order valence-electron chi connectivity index (χ4n) is 3.68. The second-order valence-electron chi connectivity index (χ2n) is 6.31. The average Bonchev–Trinajstić information content (AvgIpc) is 2.40. The third-order valence-electron chi connectivity index (χ3n) is 4.28. The zero-order valence-corrected chi connectivity index (χ0v) is 12.7. The van der Waals surface area contributed by atoms with Crippen molar-refractivity contribution in [1.82, 2.24) is 0 Å². The van der Waals surface area contributed by atoms with E-state index in [0.29, 0.717) is 50.5 Å². The van der Waals surface area contributed by atoms with Crippen LogP contribution in [0.25, 0.3) is 0 Å². The highest BCUT2D eigenvalue weighted by molar-refractivity contribution is 5.16. The second-order valence-corrected chi connectivity index (χ2v) is 6.31. The summed E-state index contributed by atoms with van der Waals surface area (Å²) in [6.07, 6.45) is 3.61. The van der Waals surface area contributed by atoms with Gasteiger partial charge in [0, 0.05) is 0 Å². The number of aliphatic hydroxyl groups is 2. The molecule has 6 nitrogen and oxygen atoms in total. The Morgan fingerprint density at radius 2 is 0.952 bits per heavy atom. The van der Waals surface area contributed by atoms with Gasteiger partial charge in [0.25, 0.3) is 0 Å². The first kappa shape index (κ1) is 17.1. The topological polar surface area (TPSA) is 77.4 Å². The first-order valence-corrected chi connectivity index (χ1v) is 7.77. The van der Waals surface area contributed by atoms with Crippen LogP contribution in [0.3, 0.4) is 0 Å². The van der Waals surface area contributed by atoms with Gasteiger partial charge in [-0.1, -0.05) is 0 Å². The monoisotopic (exact) mass is 304 g/mol. The quantitative estimate of drug-likeness (QED) is 0.447. The first-order valence-electron chi connectivity index (χ1n) is 7.77.